The number of hydrogen-bond acceptors (Lipinski definition) is 5. The zero-order valence-corrected chi connectivity index (χ0v) is 12.2. The molecule has 0 saturated heterocycles. The summed E-state index contributed by atoms with van der Waals surface area (Å²) in [6.07, 6.45) is 7.64. The third-order valence-corrected chi connectivity index (χ3v) is 3.07. The summed E-state index contributed by atoms with van der Waals surface area (Å²) in [4.78, 5) is 24.3. The standard InChI is InChI=1S/C13H9BrN6O/c14-10-4-9(5-15-6-10)13(21)19-11-2-1-3-17-12(11)20-8-16-7-18-20/h1-8H,(H,19,21). The number of hydrogen-bond donors (Lipinski definition) is 1. The highest BCUT2D eigenvalue weighted by Gasteiger charge is 2.12. The fourth-order valence-electron chi connectivity index (χ4n) is 1.73. The first kappa shape index (κ1) is 13.4. The average Bonchev–Trinajstić information content (AvgIpc) is 3.02. The lowest BCUT2D eigenvalue weighted by atomic mass is 10.2. The predicted molar refractivity (Wildman–Crippen MR) is 79.0 cm³/mol. The van der Waals surface area contributed by atoms with Crippen LogP contribution in [0.2, 0.25) is 0 Å². The zero-order valence-electron chi connectivity index (χ0n) is 10.6. The number of amides is 1. The third kappa shape index (κ3) is 2.95. The van der Waals surface area contributed by atoms with Gasteiger partial charge in [0.15, 0.2) is 5.82 Å². The molecule has 21 heavy (non-hydrogen) atoms. The van der Waals surface area contributed by atoms with Gasteiger partial charge >= 0.3 is 0 Å². The summed E-state index contributed by atoms with van der Waals surface area (Å²) in [5.74, 6) is 0.212. The van der Waals surface area contributed by atoms with Crippen molar-refractivity contribution in [2.75, 3.05) is 5.32 Å². The number of nitrogens with zero attached hydrogens (tertiary/aromatic N) is 5. The molecule has 8 heteroatoms. The second-order valence-corrected chi connectivity index (χ2v) is 4.98. The van der Waals surface area contributed by atoms with Crippen LogP contribution in [0.5, 0.6) is 0 Å². The van der Waals surface area contributed by atoms with Gasteiger partial charge in [0.2, 0.25) is 0 Å². The van der Waals surface area contributed by atoms with Crippen LogP contribution in [-0.2, 0) is 0 Å². The Bertz CT molecular complexity index is 774. The van der Waals surface area contributed by atoms with Gasteiger partial charge in [-0.15, -0.1) is 0 Å². The van der Waals surface area contributed by atoms with Gasteiger partial charge in [0.05, 0.1) is 11.3 Å². The first-order valence-corrected chi connectivity index (χ1v) is 6.75. The third-order valence-electron chi connectivity index (χ3n) is 2.64. The van der Waals surface area contributed by atoms with Gasteiger partial charge in [0, 0.05) is 23.1 Å². The van der Waals surface area contributed by atoms with E-state index in [0.717, 1.165) is 4.47 Å². The summed E-state index contributed by atoms with van der Waals surface area (Å²) in [6.45, 7) is 0. The fourth-order valence-corrected chi connectivity index (χ4v) is 2.09. The van der Waals surface area contributed by atoms with E-state index < -0.39 is 0 Å². The molecule has 3 aromatic rings. The molecule has 0 radical (unpaired) electrons. The maximum atomic E-state index is 12.2. The molecule has 1 N–H and O–H groups in total. The van der Waals surface area contributed by atoms with E-state index in [9.17, 15) is 4.79 Å². The Labute approximate surface area is 128 Å². The first-order chi connectivity index (χ1) is 10.2. The molecular formula is C13H9BrN6O. The second kappa shape index (κ2) is 5.80. The molecule has 3 heterocycles. The van der Waals surface area contributed by atoms with E-state index >= 15 is 0 Å². The Hall–Kier alpha value is -2.61. The lowest BCUT2D eigenvalue weighted by Crippen LogP contribution is -2.15. The van der Waals surface area contributed by atoms with Crippen LogP contribution in [0.3, 0.4) is 0 Å². The minimum Gasteiger partial charge on any atom is -0.319 e. The quantitative estimate of drug-likeness (QED) is 0.785. The lowest BCUT2D eigenvalue weighted by molar-refractivity contribution is 0.102. The van der Waals surface area contributed by atoms with Gasteiger partial charge in [-0.1, -0.05) is 0 Å². The molecular weight excluding hydrogens is 336 g/mol. The van der Waals surface area contributed by atoms with Crippen molar-refractivity contribution in [3.8, 4) is 5.82 Å². The summed E-state index contributed by atoms with van der Waals surface area (Å²) in [5.41, 5.74) is 0.978. The smallest absolute Gasteiger partial charge is 0.257 e. The van der Waals surface area contributed by atoms with Crippen LogP contribution in [0.25, 0.3) is 5.82 Å². The summed E-state index contributed by atoms with van der Waals surface area (Å²) in [5, 5.41) is 6.80. The van der Waals surface area contributed by atoms with Crippen molar-refractivity contribution in [3.63, 3.8) is 0 Å². The maximum Gasteiger partial charge on any atom is 0.257 e. The van der Waals surface area contributed by atoms with Crippen molar-refractivity contribution < 1.29 is 4.79 Å². The van der Waals surface area contributed by atoms with E-state index in [-0.39, 0.29) is 5.91 Å². The van der Waals surface area contributed by atoms with Crippen LogP contribution < -0.4 is 5.32 Å². The molecule has 0 fully saturated rings. The second-order valence-electron chi connectivity index (χ2n) is 4.06. The van der Waals surface area contributed by atoms with E-state index in [1.54, 1.807) is 30.6 Å². The van der Waals surface area contributed by atoms with Crippen LogP contribution in [0.4, 0.5) is 5.69 Å². The van der Waals surface area contributed by atoms with Crippen LogP contribution in [-0.4, -0.2) is 30.6 Å². The van der Waals surface area contributed by atoms with Gasteiger partial charge in [0.1, 0.15) is 12.7 Å². The van der Waals surface area contributed by atoms with Gasteiger partial charge < -0.3 is 5.32 Å². The van der Waals surface area contributed by atoms with Crippen molar-refractivity contribution in [2.45, 2.75) is 0 Å². The van der Waals surface area contributed by atoms with Crippen molar-refractivity contribution in [1.82, 2.24) is 24.7 Å². The van der Waals surface area contributed by atoms with E-state index in [4.69, 9.17) is 0 Å². The van der Waals surface area contributed by atoms with Crippen molar-refractivity contribution in [3.05, 3.63) is 59.5 Å². The molecule has 0 aromatic carbocycles. The molecule has 0 aliphatic rings. The Morgan fingerprint density at radius 1 is 1.29 bits per heavy atom. The van der Waals surface area contributed by atoms with Gasteiger partial charge in [-0.25, -0.2) is 14.6 Å². The van der Waals surface area contributed by atoms with Gasteiger partial charge in [-0.2, -0.15) is 5.10 Å². The Balaban J connectivity index is 1.90. The Kier molecular flexibility index (Phi) is 3.69. The summed E-state index contributed by atoms with van der Waals surface area (Å²) >= 11 is 3.28. The highest BCUT2D eigenvalue weighted by atomic mass is 79.9. The molecule has 0 aliphatic carbocycles. The fraction of sp³-hybridized carbons (Fsp3) is 0. The number of carbonyl (C=O) groups is 1. The number of rotatable bonds is 3. The molecule has 0 saturated carbocycles. The molecule has 7 nitrogen and oxygen atoms in total. The SMILES string of the molecule is O=C(Nc1cccnc1-n1cncn1)c1cncc(Br)c1. The molecule has 0 unspecified atom stereocenters. The Morgan fingerprint density at radius 2 is 2.19 bits per heavy atom. The van der Waals surface area contributed by atoms with Gasteiger partial charge in [-0.3, -0.25) is 9.78 Å². The van der Waals surface area contributed by atoms with Crippen LogP contribution in [0.15, 0.2) is 53.9 Å². The largest absolute Gasteiger partial charge is 0.319 e. The topological polar surface area (TPSA) is 85.6 Å². The molecule has 1 amide bonds. The van der Waals surface area contributed by atoms with Crippen LogP contribution >= 0.6 is 15.9 Å². The molecule has 3 aromatic heterocycles. The summed E-state index contributed by atoms with van der Waals surface area (Å²) in [7, 11) is 0. The van der Waals surface area contributed by atoms with Crippen molar-refractivity contribution >= 4 is 27.5 Å². The number of nitrogens with one attached hydrogen (secondary N) is 1. The van der Waals surface area contributed by atoms with Crippen LogP contribution in [0.1, 0.15) is 10.4 Å². The van der Waals surface area contributed by atoms with Gasteiger partial charge in [-0.05, 0) is 34.1 Å². The lowest BCUT2D eigenvalue weighted by Gasteiger charge is -2.09. The van der Waals surface area contributed by atoms with E-state index in [2.05, 4.69) is 41.3 Å². The minimum absolute atomic E-state index is 0.279. The predicted octanol–water partition coefficient (Wildman–Crippen LogP) is 2.07. The van der Waals surface area contributed by atoms with Gasteiger partial charge in [0.25, 0.3) is 5.91 Å². The Morgan fingerprint density at radius 3 is 2.95 bits per heavy atom. The maximum absolute atomic E-state index is 12.2. The number of halogens is 1. The number of pyridine rings is 2. The monoisotopic (exact) mass is 344 g/mol. The molecule has 3 rings (SSSR count). The molecule has 0 atom stereocenters. The molecule has 0 spiro atoms. The number of aromatic nitrogens is 5. The normalized spacial score (nSPS) is 10.3. The summed E-state index contributed by atoms with van der Waals surface area (Å²) in [6, 6.07) is 5.16. The summed E-state index contributed by atoms with van der Waals surface area (Å²) < 4.78 is 2.22. The van der Waals surface area contributed by atoms with Crippen LogP contribution in [0, 0.1) is 0 Å². The highest BCUT2D eigenvalue weighted by Crippen LogP contribution is 2.17. The molecule has 0 aliphatic heterocycles. The van der Waals surface area contributed by atoms with E-state index in [1.807, 2.05) is 0 Å². The van der Waals surface area contributed by atoms with Crippen molar-refractivity contribution in [2.24, 2.45) is 0 Å². The molecule has 104 valence electrons. The average molecular weight is 345 g/mol. The minimum atomic E-state index is -0.279. The first-order valence-electron chi connectivity index (χ1n) is 5.96. The number of carbonyl (C=O) groups excluding carboxylic acids is 1. The highest BCUT2D eigenvalue weighted by molar-refractivity contribution is 9.10. The zero-order chi connectivity index (χ0) is 14.7. The molecule has 0 bridgehead atoms. The van der Waals surface area contributed by atoms with Crippen molar-refractivity contribution in [1.29, 1.82) is 0 Å². The van der Waals surface area contributed by atoms with E-state index in [1.165, 1.54) is 23.5 Å². The van der Waals surface area contributed by atoms with E-state index in [0.29, 0.717) is 17.1 Å². The number of anilines is 1.